The summed E-state index contributed by atoms with van der Waals surface area (Å²) in [5, 5.41) is 11.0. The highest BCUT2D eigenvalue weighted by Crippen LogP contribution is 2.35. The van der Waals surface area contributed by atoms with Gasteiger partial charge in [0.15, 0.2) is 0 Å². The highest BCUT2D eigenvalue weighted by molar-refractivity contribution is 5.59. The fourth-order valence-corrected chi connectivity index (χ4v) is 3.06. The summed E-state index contributed by atoms with van der Waals surface area (Å²) in [4.78, 5) is 12.2. The number of alkyl halides is 2. The van der Waals surface area contributed by atoms with Gasteiger partial charge in [-0.3, -0.25) is 10.1 Å². The second-order valence-electron chi connectivity index (χ2n) is 5.95. The first-order valence-electron chi connectivity index (χ1n) is 8.11. The Morgan fingerprint density at radius 3 is 2.77 bits per heavy atom. The van der Waals surface area contributed by atoms with E-state index in [0.29, 0.717) is 25.4 Å². The molecule has 0 bridgehead atoms. The molecule has 0 radical (unpaired) electrons. The number of halogens is 2. The second-order valence-corrected chi connectivity index (χ2v) is 5.95. The minimum absolute atomic E-state index is 0.167. The number of nitro benzene ring substituents is 1. The number of ether oxygens (including phenoxy) is 2. The topological polar surface area (TPSA) is 64.8 Å². The minimum atomic E-state index is -3.13. The van der Waals surface area contributed by atoms with Crippen molar-refractivity contribution in [3.8, 4) is 5.75 Å². The van der Waals surface area contributed by atoms with E-state index >= 15 is 0 Å². The van der Waals surface area contributed by atoms with E-state index in [1.165, 1.54) is 18.2 Å². The summed E-state index contributed by atoms with van der Waals surface area (Å²) in [5.74, 6) is -0.443. The van der Waals surface area contributed by atoms with Crippen molar-refractivity contribution >= 4 is 11.4 Å². The van der Waals surface area contributed by atoms with Gasteiger partial charge in [0.25, 0.3) is 0 Å². The quantitative estimate of drug-likeness (QED) is 0.591. The molecule has 0 spiro atoms. The summed E-state index contributed by atoms with van der Waals surface area (Å²) in [6, 6.07) is 11.9. The summed E-state index contributed by atoms with van der Waals surface area (Å²) in [5.41, 5.74) is 2.25. The smallest absolute Gasteiger partial charge is 0.387 e. The van der Waals surface area contributed by atoms with Crippen LogP contribution in [0.4, 0.5) is 20.2 Å². The molecule has 1 heterocycles. The van der Waals surface area contributed by atoms with Crippen molar-refractivity contribution in [2.45, 2.75) is 19.6 Å². The molecule has 26 heavy (non-hydrogen) atoms. The molecule has 1 saturated heterocycles. The molecule has 2 aromatic carbocycles. The Balaban J connectivity index is 1.86. The second kappa shape index (κ2) is 7.65. The average Bonchev–Trinajstić information content (AvgIpc) is 2.61. The van der Waals surface area contributed by atoms with Crippen LogP contribution in [0.1, 0.15) is 17.2 Å². The Morgan fingerprint density at radius 2 is 2.08 bits per heavy atom. The van der Waals surface area contributed by atoms with Crippen LogP contribution in [0, 0.1) is 17.0 Å². The SMILES string of the molecule is Cc1ccccc1C1CN(c2ccc([N+](=O)[O-])c(OC(F)F)c2)CCO1. The first-order valence-corrected chi connectivity index (χ1v) is 8.11. The van der Waals surface area contributed by atoms with E-state index in [9.17, 15) is 18.9 Å². The first kappa shape index (κ1) is 18.1. The number of aryl methyl sites for hydroxylation is 1. The number of rotatable bonds is 5. The van der Waals surface area contributed by atoms with Crippen LogP contribution >= 0.6 is 0 Å². The van der Waals surface area contributed by atoms with Crippen molar-refractivity contribution in [2.75, 3.05) is 24.6 Å². The van der Waals surface area contributed by atoms with Gasteiger partial charge in [-0.2, -0.15) is 8.78 Å². The largest absolute Gasteiger partial charge is 0.427 e. The van der Waals surface area contributed by atoms with Gasteiger partial charge in [0.05, 0.1) is 11.5 Å². The number of anilines is 1. The molecule has 0 amide bonds. The molecule has 2 aromatic rings. The molecule has 1 aliphatic rings. The third kappa shape index (κ3) is 3.91. The van der Waals surface area contributed by atoms with Crippen LogP contribution in [0.15, 0.2) is 42.5 Å². The van der Waals surface area contributed by atoms with E-state index in [1.54, 1.807) is 0 Å². The molecule has 1 fully saturated rings. The highest BCUT2D eigenvalue weighted by atomic mass is 19.3. The lowest BCUT2D eigenvalue weighted by Crippen LogP contribution is -2.38. The van der Waals surface area contributed by atoms with Crippen molar-refractivity contribution in [3.05, 3.63) is 63.7 Å². The van der Waals surface area contributed by atoms with E-state index in [4.69, 9.17) is 4.74 Å². The summed E-state index contributed by atoms with van der Waals surface area (Å²) >= 11 is 0. The van der Waals surface area contributed by atoms with Gasteiger partial charge in [-0.25, -0.2) is 0 Å². The predicted molar refractivity (Wildman–Crippen MR) is 91.8 cm³/mol. The third-order valence-electron chi connectivity index (χ3n) is 4.32. The predicted octanol–water partition coefficient (Wildman–Crippen LogP) is 4.08. The molecular weight excluding hydrogens is 346 g/mol. The molecule has 138 valence electrons. The summed E-state index contributed by atoms with van der Waals surface area (Å²) < 4.78 is 35.4. The van der Waals surface area contributed by atoms with E-state index in [1.807, 2.05) is 36.1 Å². The number of hydrogen-bond donors (Lipinski definition) is 0. The fourth-order valence-electron chi connectivity index (χ4n) is 3.06. The zero-order chi connectivity index (χ0) is 18.7. The van der Waals surface area contributed by atoms with Crippen molar-refractivity contribution in [1.82, 2.24) is 0 Å². The maximum Gasteiger partial charge on any atom is 0.387 e. The maximum atomic E-state index is 12.6. The number of nitrogens with zero attached hydrogens (tertiary/aromatic N) is 2. The van der Waals surface area contributed by atoms with Crippen LogP contribution in [-0.4, -0.2) is 31.2 Å². The highest BCUT2D eigenvalue weighted by Gasteiger charge is 2.26. The Bertz CT molecular complexity index is 801. The zero-order valence-corrected chi connectivity index (χ0v) is 14.1. The number of benzene rings is 2. The molecule has 0 N–H and O–H groups in total. The van der Waals surface area contributed by atoms with E-state index in [-0.39, 0.29) is 6.10 Å². The third-order valence-corrected chi connectivity index (χ3v) is 4.32. The summed E-state index contributed by atoms with van der Waals surface area (Å²) in [6.45, 7) is 0.387. The lowest BCUT2D eigenvalue weighted by atomic mass is 10.0. The van der Waals surface area contributed by atoms with Gasteiger partial charge >= 0.3 is 12.3 Å². The van der Waals surface area contributed by atoms with Crippen molar-refractivity contribution in [1.29, 1.82) is 0 Å². The minimum Gasteiger partial charge on any atom is -0.427 e. The molecule has 0 aromatic heterocycles. The molecular formula is C18H18F2N2O4. The zero-order valence-electron chi connectivity index (χ0n) is 14.1. The van der Waals surface area contributed by atoms with Gasteiger partial charge in [0, 0.05) is 30.9 Å². The lowest BCUT2D eigenvalue weighted by molar-refractivity contribution is -0.386. The molecule has 0 aliphatic carbocycles. The van der Waals surface area contributed by atoms with Crippen LogP contribution in [0.3, 0.4) is 0 Å². The molecule has 8 heteroatoms. The summed E-state index contributed by atoms with van der Waals surface area (Å²) in [6.07, 6.45) is -0.167. The van der Waals surface area contributed by atoms with Crippen LogP contribution in [-0.2, 0) is 4.74 Å². The van der Waals surface area contributed by atoms with E-state index in [0.717, 1.165) is 11.1 Å². The standard InChI is InChI=1S/C18H18F2N2O4/c1-12-4-2-3-5-14(12)17-11-21(8-9-25-17)13-6-7-15(22(23)24)16(10-13)26-18(19)20/h2-7,10,17-18H,8-9,11H2,1H3. The van der Waals surface area contributed by atoms with Crippen LogP contribution < -0.4 is 9.64 Å². The van der Waals surface area contributed by atoms with Gasteiger partial charge < -0.3 is 14.4 Å². The number of nitro groups is 1. The van der Waals surface area contributed by atoms with Gasteiger partial charge in [-0.05, 0) is 24.1 Å². The molecule has 0 saturated carbocycles. The number of morpholine rings is 1. The van der Waals surface area contributed by atoms with Crippen LogP contribution in [0.5, 0.6) is 5.75 Å². The summed E-state index contributed by atoms with van der Waals surface area (Å²) in [7, 11) is 0. The van der Waals surface area contributed by atoms with Gasteiger partial charge in [-0.15, -0.1) is 0 Å². The Morgan fingerprint density at radius 1 is 1.31 bits per heavy atom. The van der Waals surface area contributed by atoms with Gasteiger partial charge in [0.2, 0.25) is 5.75 Å². The van der Waals surface area contributed by atoms with Crippen molar-refractivity contribution in [3.63, 3.8) is 0 Å². The average molecular weight is 364 g/mol. The van der Waals surface area contributed by atoms with Crippen molar-refractivity contribution < 1.29 is 23.2 Å². The molecule has 1 aliphatic heterocycles. The normalized spacial score (nSPS) is 17.4. The first-order chi connectivity index (χ1) is 12.5. The molecule has 6 nitrogen and oxygen atoms in total. The molecule has 1 unspecified atom stereocenters. The molecule has 3 rings (SSSR count). The van der Waals surface area contributed by atoms with E-state index < -0.39 is 23.0 Å². The maximum absolute atomic E-state index is 12.6. The van der Waals surface area contributed by atoms with Gasteiger partial charge in [0.1, 0.15) is 6.10 Å². The fraction of sp³-hybridized carbons (Fsp3) is 0.333. The van der Waals surface area contributed by atoms with Crippen molar-refractivity contribution in [2.24, 2.45) is 0 Å². The monoisotopic (exact) mass is 364 g/mol. The van der Waals surface area contributed by atoms with Gasteiger partial charge in [-0.1, -0.05) is 24.3 Å². The lowest BCUT2D eigenvalue weighted by Gasteiger charge is -2.35. The Hall–Kier alpha value is -2.74. The van der Waals surface area contributed by atoms with Crippen LogP contribution in [0.2, 0.25) is 0 Å². The van der Waals surface area contributed by atoms with Crippen LogP contribution in [0.25, 0.3) is 0 Å². The number of hydrogen-bond acceptors (Lipinski definition) is 5. The van der Waals surface area contributed by atoms with E-state index in [2.05, 4.69) is 4.74 Å². The Labute approximate surface area is 149 Å². The molecule has 1 atom stereocenters. The Kier molecular flexibility index (Phi) is 5.32.